The monoisotopic (exact) mass is 210 g/mol. The van der Waals surface area contributed by atoms with Gasteiger partial charge in [0.2, 0.25) is 0 Å². The maximum atomic E-state index is 10.00. The molecule has 7 heteroatoms. The van der Waals surface area contributed by atoms with E-state index in [1.807, 2.05) is 0 Å². The Morgan fingerprint density at radius 3 is 1.79 bits per heavy atom. The third kappa shape index (κ3) is 3.29. The molecular formula is C7H14O7. The number of rotatable bonds is 6. The zero-order valence-electron chi connectivity index (χ0n) is 7.26. The van der Waals surface area contributed by atoms with Crippen LogP contribution in [0.25, 0.3) is 0 Å². The molecule has 0 aliphatic rings. The third-order valence-corrected chi connectivity index (χ3v) is 1.77. The quantitative estimate of drug-likeness (QED) is 0.245. The zero-order valence-corrected chi connectivity index (χ0v) is 7.26. The van der Waals surface area contributed by atoms with Crippen LogP contribution in [-0.4, -0.2) is 74.1 Å². The first kappa shape index (κ1) is 13.4. The number of carbonyl (C=O) groups excluding carboxylic acids is 1. The average molecular weight is 210 g/mol. The predicted molar refractivity (Wildman–Crippen MR) is 43.2 cm³/mol. The van der Waals surface area contributed by atoms with Crippen molar-refractivity contribution in [3.05, 3.63) is 0 Å². The van der Waals surface area contributed by atoms with E-state index in [1.54, 1.807) is 0 Å². The molecule has 0 heterocycles. The number of aliphatic hydroxyl groups excluding tert-OH is 6. The van der Waals surface area contributed by atoms with Crippen molar-refractivity contribution in [2.45, 2.75) is 30.5 Å². The summed E-state index contributed by atoms with van der Waals surface area (Å²) < 4.78 is 0. The number of aliphatic hydroxyl groups is 6. The lowest BCUT2D eigenvalue weighted by Crippen LogP contribution is -2.50. The normalized spacial score (nSPS) is 22.1. The van der Waals surface area contributed by atoms with Crippen molar-refractivity contribution in [3.63, 3.8) is 0 Å². The van der Waals surface area contributed by atoms with Gasteiger partial charge in [-0.3, -0.25) is 0 Å². The lowest BCUT2D eigenvalue weighted by atomic mass is 10.0. The fourth-order valence-corrected chi connectivity index (χ4v) is 0.820. The van der Waals surface area contributed by atoms with Crippen LogP contribution in [0.2, 0.25) is 0 Å². The largest absolute Gasteiger partial charge is 0.394 e. The van der Waals surface area contributed by atoms with Crippen molar-refractivity contribution in [3.8, 4) is 0 Å². The fourth-order valence-electron chi connectivity index (χ4n) is 0.820. The van der Waals surface area contributed by atoms with E-state index in [4.69, 9.17) is 30.6 Å². The summed E-state index contributed by atoms with van der Waals surface area (Å²) in [5.41, 5.74) is 0. The highest BCUT2D eigenvalue weighted by molar-refractivity contribution is 5.56. The molecule has 0 radical (unpaired) electrons. The lowest BCUT2D eigenvalue weighted by Gasteiger charge is -2.26. The van der Waals surface area contributed by atoms with E-state index < -0.39 is 37.1 Å². The van der Waals surface area contributed by atoms with Gasteiger partial charge >= 0.3 is 0 Å². The van der Waals surface area contributed by atoms with Crippen molar-refractivity contribution < 1.29 is 35.4 Å². The van der Waals surface area contributed by atoms with E-state index in [0.29, 0.717) is 0 Å². The van der Waals surface area contributed by atoms with Crippen LogP contribution in [0.3, 0.4) is 0 Å². The minimum absolute atomic E-state index is 0.0219. The minimum atomic E-state index is -1.92. The Morgan fingerprint density at radius 2 is 1.43 bits per heavy atom. The maximum Gasteiger partial charge on any atom is 0.151 e. The molecule has 7 nitrogen and oxygen atoms in total. The second-order valence-corrected chi connectivity index (χ2v) is 2.85. The van der Waals surface area contributed by atoms with Crippen LogP contribution in [0.5, 0.6) is 0 Å². The second kappa shape index (κ2) is 6.02. The van der Waals surface area contributed by atoms with Gasteiger partial charge in [-0.1, -0.05) is 0 Å². The summed E-state index contributed by atoms with van der Waals surface area (Å²) in [7, 11) is 0. The second-order valence-electron chi connectivity index (χ2n) is 2.85. The predicted octanol–water partition coefficient (Wildman–Crippen LogP) is -4.02. The Hall–Kier alpha value is -0.570. The molecule has 6 N–H and O–H groups in total. The lowest BCUT2D eigenvalue weighted by molar-refractivity contribution is -0.147. The highest BCUT2D eigenvalue weighted by Crippen LogP contribution is 2.07. The first-order valence-corrected chi connectivity index (χ1v) is 3.92. The molecule has 1 unspecified atom stereocenters. The summed E-state index contributed by atoms with van der Waals surface area (Å²) in [5.74, 6) is 0. The molecule has 5 atom stereocenters. The van der Waals surface area contributed by atoms with Crippen molar-refractivity contribution >= 4 is 6.29 Å². The molecule has 0 aliphatic carbocycles. The molecule has 0 fully saturated rings. The summed E-state index contributed by atoms with van der Waals surface area (Å²) in [6.07, 6.45) is -9.21. The van der Waals surface area contributed by atoms with Gasteiger partial charge in [-0.15, -0.1) is 0 Å². The van der Waals surface area contributed by atoms with Gasteiger partial charge in [0.15, 0.2) is 6.29 Å². The molecule has 0 spiro atoms. The van der Waals surface area contributed by atoms with Crippen molar-refractivity contribution in [2.24, 2.45) is 0 Å². The first-order valence-electron chi connectivity index (χ1n) is 3.92. The highest BCUT2D eigenvalue weighted by Gasteiger charge is 2.33. The van der Waals surface area contributed by atoms with Gasteiger partial charge in [-0.2, -0.15) is 0 Å². The van der Waals surface area contributed by atoms with Crippen LogP contribution in [0, 0.1) is 0 Å². The Kier molecular flexibility index (Phi) is 5.77. The summed E-state index contributed by atoms with van der Waals surface area (Å²) in [5, 5.41) is 53.2. The van der Waals surface area contributed by atoms with Gasteiger partial charge in [0.05, 0.1) is 6.61 Å². The molecule has 0 aromatic heterocycles. The summed E-state index contributed by atoms with van der Waals surface area (Å²) in [6, 6.07) is 0. The van der Waals surface area contributed by atoms with Crippen LogP contribution in [0.4, 0.5) is 0 Å². The Balaban J connectivity index is 4.29. The molecule has 0 bridgehead atoms. The van der Waals surface area contributed by atoms with E-state index >= 15 is 0 Å². The molecule has 0 saturated carbocycles. The number of hydrogen-bond acceptors (Lipinski definition) is 7. The molecule has 14 heavy (non-hydrogen) atoms. The number of carbonyl (C=O) groups is 1. The highest BCUT2D eigenvalue weighted by atomic mass is 16.4. The number of hydrogen-bond donors (Lipinski definition) is 6. The topological polar surface area (TPSA) is 138 Å². The van der Waals surface area contributed by atoms with Gasteiger partial charge in [-0.25, -0.2) is 0 Å². The standard InChI is InChI=1S/C7H14O7/c8-1-3(10)5(12)7(14)6(13)4(11)2-9/h1,3-7,9-14H,2H2/t3-,4?,5-,6-,7+/m0/s1. The summed E-state index contributed by atoms with van der Waals surface area (Å²) >= 11 is 0. The van der Waals surface area contributed by atoms with Crippen LogP contribution in [-0.2, 0) is 4.79 Å². The molecule has 0 rings (SSSR count). The van der Waals surface area contributed by atoms with Gasteiger partial charge < -0.3 is 35.4 Å². The third-order valence-electron chi connectivity index (χ3n) is 1.77. The molecule has 0 aliphatic heterocycles. The number of aldehydes is 1. The van der Waals surface area contributed by atoms with Gasteiger partial charge in [0.1, 0.15) is 30.5 Å². The maximum absolute atomic E-state index is 10.00. The van der Waals surface area contributed by atoms with Gasteiger partial charge in [0.25, 0.3) is 0 Å². The van der Waals surface area contributed by atoms with Gasteiger partial charge in [-0.05, 0) is 0 Å². The first-order chi connectivity index (χ1) is 6.45. The minimum Gasteiger partial charge on any atom is -0.394 e. The fraction of sp³-hybridized carbons (Fsp3) is 0.857. The molecule has 0 amide bonds. The molecule has 0 saturated heterocycles. The Labute approximate surface area is 79.9 Å². The van der Waals surface area contributed by atoms with Crippen LogP contribution >= 0.6 is 0 Å². The van der Waals surface area contributed by atoms with Crippen LogP contribution < -0.4 is 0 Å². The van der Waals surface area contributed by atoms with Crippen molar-refractivity contribution in [1.29, 1.82) is 0 Å². The van der Waals surface area contributed by atoms with E-state index in [2.05, 4.69) is 0 Å². The van der Waals surface area contributed by atoms with E-state index in [1.165, 1.54) is 0 Å². The smallest absolute Gasteiger partial charge is 0.151 e. The summed E-state index contributed by atoms with van der Waals surface area (Å²) in [4.78, 5) is 10.00. The SMILES string of the molecule is O=C[C@H](O)[C@H](O)[C@@H](O)[C@@H](O)C(O)CO. The van der Waals surface area contributed by atoms with Crippen LogP contribution in [0.1, 0.15) is 0 Å². The van der Waals surface area contributed by atoms with E-state index in [0.717, 1.165) is 0 Å². The molecule has 0 aromatic carbocycles. The zero-order chi connectivity index (χ0) is 11.3. The molecule has 84 valence electrons. The Morgan fingerprint density at radius 1 is 0.929 bits per heavy atom. The summed E-state index contributed by atoms with van der Waals surface area (Å²) in [6.45, 7) is -0.817. The molecule has 0 aromatic rings. The molecular weight excluding hydrogens is 196 g/mol. The van der Waals surface area contributed by atoms with Crippen molar-refractivity contribution in [2.75, 3.05) is 6.61 Å². The van der Waals surface area contributed by atoms with E-state index in [9.17, 15) is 4.79 Å². The Bertz CT molecular complexity index is 173. The van der Waals surface area contributed by atoms with E-state index in [-0.39, 0.29) is 6.29 Å². The van der Waals surface area contributed by atoms with Gasteiger partial charge in [0, 0.05) is 0 Å². The van der Waals surface area contributed by atoms with Crippen molar-refractivity contribution in [1.82, 2.24) is 0 Å². The average Bonchev–Trinajstić information content (AvgIpc) is 2.23. The van der Waals surface area contributed by atoms with Crippen LogP contribution in [0.15, 0.2) is 0 Å².